The standard InChI is InChI=1S/C20H23F2N3O4/c1-2-24(10-16(26)23-18-14(21)8-5-9-15(18)22)17(27)11-25-19(28)12-6-3-4-7-13(12)20(25)29/h5,8-9,12-13H,2-4,6-7,10-11H2,1H3,(H,23,26)/t12-,13+. The molecule has 29 heavy (non-hydrogen) atoms. The molecule has 3 rings (SSSR count). The first-order chi connectivity index (χ1) is 13.8. The van der Waals surface area contributed by atoms with Gasteiger partial charge in [0, 0.05) is 6.54 Å². The molecule has 0 spiro atoms. The maximum Gasteiger partial charge on any atom is 0.244 e. The molecule has 1 aliphatic carbocycles. The molecular weight excluding hydrogens is 384 g/mol. The molecule has 0 aromatic heterocycles. The molecular formula is C20H23F2N3O4. The van der Waals surface area contributed by atoms with Gasteiger partial charge in [-0.1, -0.05) is 18.9 Å². The lowest BCUT2D eigenvalue weighted by Crippen LogP contribution is -2.45. The lowest BCUT2D eigenvalue weighted by atomic mass is 9.81. The molecule has 1 saturated heterocycles. The van der Waals surface area contributed by atoms with Crippen LogP contribution in [0.2, 0.25) is 0 Å². The monoisotopic (exact) mass is 407 g/mol. The van der Waals surface area contributed by atoms with Crippen molar-refractivity contribution >= 4 is 29.3 Å². The van der Waals surface area contributed by atoms with Gasteiger partial charge in [0.05, 0.1) is 18.4 Å². The van der Waals surface area contributed by atoms with E-state index < -0.39 is 42.2 Å². The van der Waals surface area contributed by atoms with E-state index in [9.17, 15) is 28.0 Å². The first-order valence-electron chi connectivity index (χ1n) is 9.70. The van der Waals surface area contributed by atoms with Gasteiger partial charge in [-0.2, -0.15) is 0 Å². The SMILES string of the molecule is CCN(CC(=O)Nc1c(F)cccc1F)C(=O)CN1C(=O)[C@H]2CCCC[C@H]2C1=O. The predicted molar refractivity (Wildman–Crippen MR) is 99.4 cm³/mol. The summed E-state index contributed by atoms with van der Waals surface area (Å²) in [7, 11) is 0. The van der Waals surface area contributed by atoms with Crippen LogP contribution in [0.25, 0.3) is 0 Å². The zero-order valence-corrected chi connectivity index (χ0v) is 16.1. The van der Waals surface area contributed by atoms with Crippen molar-refractivity contribution in [3.63, 3.8) is 0 Å². The summed E-state index contributed by atoms with van der Waals surface area (Å²) < 4.78 is 27.3. The Kier molecular flexibility index (Phi) is 6.24. The van der Waals surface area contributed by atoms with Crippen LogP contribution < -0.4 is 5.32 Å². The molecule has 156 valence electrons. The van der Waals surface area contributed by atoms with Crippen molar-refractivity contribution in [2.24, 2.45) is 11.8 Å². The Bertz CT molecular complexity index is 801. The Morgan fingerprint density at radius 3 is 2.17 bits per heavy atom. The van der Waals surface area contributed by atoms with Crippen LogP contribution in [0.15, 0.2) is 18.2 Å². The number of nitrogens with zero attached hydrogens (tertiary/aromatic N) is 2. The number of hydrogen-bond acceptors (Lipinski definition) is 4. The number of amides is 4. The molecule has 1 heterocycles. The minimum absolute atomic E-state index is 0.134. The van der Waals surface area contributed by atoms with Crippen molar-refractivity contribution in [3.8, 4) is 0 Å². The van der Waals surface area contributed by atoms with Crippen LogP contribution in [-0.4, -0.2) is 53.1 Å². The van der Waals surface area contributed by atoms with Crippen LogP contribution in [0.3, 0.4) is 0 Å². The van der Waals surface area contributed by atoms with Crippen LogP contribution in [0.1, 0.15) is 32.6 Å². The number of benzene rings is 1. The van der Waals surface area contributed by atoms with Gasteiger partial charge in [-0.3, -0.25) is 24.1 Å². The minimum atomic E-state index is -0.927. The normalized spacial score (nSPS) is 21.1. The summed E-state index contributed by atoms with van der Waals surface area (Å²) in [6, 6.07) is 3.18. The number of carbonyl (C=O) groups excluding carboxylic acids is 4. The quantitative estimate of drug-likeness (QED) is 0.730. The van der Waals surface area contributed by atoms with Crippen LogP contribution in [0, 0.1) is 23.5 Å². The summed E-state index contributed by atoms with van der Waals surface area (Å²) in [5.41, 5.74) is -0.588. The molecule has 1 aromatic carbocycles. The van der Waals surface area contributed by atoms with Crippen molar-refractivity contribution in [1.29, 1.82) is 0 Å². The number of halogens is 2. The number of nitrogens with one attached hydrogen (secondary N) is 1. The molecule has 0 unspecified atom stereocenters. The summed E-state index contributed by atoms with van der Waals surface area (Å²) in [5, 5.41) is 2.12. The maximum absolute atomic E-state index is 13.7. The highest BCUT2D eigenvalue weighted by Gasteiger charge is 2.48. The van der Waals surface area contributed by atoms with Gasteiger partial charge in [-0.25, -0.2) is 8.78 Å². The fraction of sp³-hybridized carbons (Fsp3) is 0.500. The average Bonchev–Trinajstić information content (AvgIpc) is 2.94. The van der Waals surface area contributed by atoms with Gasteiger partial charge in [0.15, 0.2) is 0 Å². The third-order valence-electron chi connectivity index (χ3n) is 5.52. The van der Waals surface area contributed by atoms with E-state index in [1.165, 1.54) is 6.07 Å². The van der Waals surface area contributed by atoms with E-state index in [1.54, 1.807) is 6.92 Å². The molecule has 1 saturated carbocycles. The lowest BCUT2D eigenvalue weighted by Gasteiger charge is -2.23. The van der Waals surface area contributed by atoms with E-state index in [0.29, 0.717) is 12.8 Å². The Hall–Kier alpha value is -2.84. The average molecular weight is 407 g/mol. The Morgan fingerprint density at radius 1 is 1.10 bits per heavy atom. The minimum Gasteiger partial charge on any atom is -0.332 e. The number of fused-ring (bicyclic) bond motifs is 1. The Labute approximate surface area is 167 Å². The summed E-state index contributed by atoms with van der Waals surface area (Å²) in [4.78, 5) is 51.9. The molecule has 2 fully saturated rings. The Morgan fingerprint density at radius 2 is 1.66 bits per heavy atom. The number of anilines is 1. The number of rotatable bonds is 6. The summed E-state index contributed by atoms with van der Waals surface area (Å²) in [6.45, 7) is 0.878. The Balaban J connectivity index is 1.62. The molecule has 2 aliphatic rings. The maximum atomic E-state index is 13.7. The van der Waals surface area contributed by atoms with Crippen molar-refractivity contribution < 1.29 is 28.0 Å². The highest BCUT2D eigenvalue weighted by molar-refractivity contribution is 6.07. The summed E-state index contributed by atoms with van der Waals surface area (Å²) in [6.07, 6.45) is 3.06. The van der Waals surface area contributed by atoms with E-state index in [0.717, 1.165) is 34.8 Å². The second-order valence-electron chi connectivity index (χ2n) is 7.31. The molecule has 1 N–H and O–H groups in total. The van der Waals surface area contributed by atoms with Crippen molar-refractivity contribution in [1.82, 2.24) is 9.80 Å². The second kappa shape index (κ2) is 8.67. The van der Waals surface area contributed by atoms with Crippen molar-refractivity contribution in [3.05, 3.63) is 29.8 Å². The van der Waals surface area contributed by atoms with Crippen molar-refractivity contribution in [2.75, 3.05) is 25.0 Å². The summed E-state index contributed by atoms with van der Waals surface area (Å²) >= 11 is 0. The largest absolute Gasteiger partial charge is 0.332 e. The predicted octanol–water partition coefficient (Wildman–Crippen LogP) is 1.93. The fourth-order valence-corrected chi connectivity index (χ4v) is 3.97. The number of hydrogen-bond donors (Lipinski definition) is 1. The van der Waals surface area contributed by atoms with Crippen LogP contribution >= 0.6 is 0 Å². The van der Waals surface area contributed by atoms with Gasteiger partial charge in [0.1, 0.15) is 23.9 Å². The molecule has 7 nitrogen and oxygen atoms in total. The van der Waals surface area contributed by atoms with Gasteiger partial charge in [0.2, 0.25) is 23.6 Å². The number of carbonyl (C=O) groups is 4. The molecule has 1 aromatic rings. The van der Waals surface area contributed by atoms with Gasteiger partial charge < -0.3 is 10.2 Å². The highest BCUT2D eigenvalue weighted by Crippen LogP contribution is 2.37. The molecule has 0 radical (unpaired) electrons. The number of imide groups is 1. The molecule has 9 heteroatoms. The molecule has 4 amide bonds. The summed E-state index contributed by atoms with van der Waals surface area (Å²) in [5.74, 6) is -4.58. The van der Waals surface area contributed by atoms with E-state index in [2.05, 4.69) is 5.32 Å². The van der Waals surface area contributed by atoms with Gasteiger partial charge in [-0.15, -0.1) is 0 Å². The topological polar surface area (TPSA) is 86.8 Å². The van der Waals surface area contributed by atoms with E-state index in [-0.39, 0.29) is 30.2 Å². The third kappa shape index (κ3) is 4.28. The molecule has 2 atom stereocenters. The zero-order chi connectivity index (χ0) is 21.1. The van der Waals surface area contributed by atoms with E-state index in [1.807, 2.05) is 0 Å². The number of para-hydroxylation sites is 1. The first-order valence-corrected chi connectivity index (χ1v) is 9.70. The number of likely N-dealkylation sites (N-methyl/N-ethyl adjacent to an activating group) is 1. The fourth-order valence-electron chi connectivity index (χ4n) is 3.97. The second-order valence-corrected chi connectivity index (χ2v) is 7.31. The van der Waals surface area contributed by atoms with Crippen LogP contribution in [-0.2, 0) is 19.2 Å². The molecule has 1 aliphatic heterocycles. The third-order valence-corrected chi connectivity index (χ3v) is 5.52. The number of likely N-dealkylation sites (tertiary alicyclic amines) is 1. The zero-order valence-electron chi connectivity index (χ0n) is 16.1. The van der Waals surface area contributed by atoms with Crippen LogP contribution in [0.4, 0.5) is 14.5 Å². The smallest absolute Gasteiger partial charge is 0.244 e. The van der Waals surface area contributed by atoms with Gasteiger partial charge in [0.25, 0.3) is 0 Å². The van der Waals surface area contributed by atoms with E-state index >= 15 is 0 Å². The molecule has 0 bridgehead atoms. The lowest BCUT2D eigenvalue weighted by molar-refractivity contribution is -0.146. The van der Waals surface area contributed by atoms with Crippen molar-refractivity contribution in [2.45, 2.75) is 32.6 Å². The van der Waals surface area contributed by atoms with E-state index in [4.69, 9.17) is 0 Å². The first kappa shape index (κ1) is 20.9. The van der Waals surface area contributed by atoms with Gasteiger partial charge in [-0.05, 0) is 31.9 Å². The highest BCUT2D eigenvalue weighted by atomic mass is 19.1. The van der Waals surface area contributed by atoms with Gasteiger partial charge >= 0.3 is 0 Å². The van der Waals surface area contributed by atoms with Crippen LogP contribution in [0.5, 0.6) is 0 Å².